The first kappa shape index (κ1) is 60.9. The summed E-state index contributed by atoms with van der Waals surface area (Å²) < 4.78 is 7.18. The van der Waals surface area contributed by atoms with E-state index in [1.807, 2.05) is 0 Å². The van der Waals surface area contributed by atoms with Gasteiger partial charge in [-0.3, -0.25) is 0 Å². The molecule has 0 N–H and O–H groups in total. The van der Waals surface area contributed by atoms with Crippen molar-refractivity contribution in [2.75, 3.05) is 4.90 Å². The summed E-state index contributed by atoms with van der Waals surface area (Å²) in [6.07, 6.45) is 0. The summed E-state index contributed by atoms with van der Waals surface area (Å²) in [6.45, 7) is 4.70. The molecule has 4 heteroatoms. The second-order valence-electron chi connectivity index (χ2n) is 27.6. The molecule has 0 saturated heterocycles. The Hall–Kier alpha value is -13.3. The highest BCUT2D eigenvalue weighted by atomic mass is 15.1. The van der Waals surface area contributed by atoms with E-state index in [-0.39, 0.29) is 5.41 Å². The van der Waals surface area contributed by atoms with Gasteiger partial charge in [-0.05, 0) is 199 Å². The van der Waals surface area contributed by atoms with Crippen LogP contribution in [0.25, 0.3) is 149 Å². The predicted octanol–water partition coefficient (Wildman–Crippen LogP) is 26.8. The zero-order valence-electron chi connectivity index (χ0n) is 57.2. The first-order valence-corrected chi connectivity index (χ1v) is 35.6. The highest BCUT2D eigenvalue weighted by Crippen LogP contribution is 2.51. The minimum atomic E-state index is -0.0864. The van der Waals surface area contributed by atoms with Crippen molar-refractivity contribution >= 4 is 82.5 Å². The lowest BCUT2D eigenvalue weighted by molar-refractivity contribution is 0.660. The van der Waals surface area contributed by atoms with E-state index in [1.165, 1.54) is 149 Å². The first-order valence-electron chi connectivity index (χ1n) is 35.6. The van der Waals surface area contributed by atoms with Crippen molar-refractivity contribution in [1.82, 2.24) is 13.7 Å². The topological polar surface area (TPSA) is 18.0 Å². The third kappa shape index (κ3) is 10.6. The van der Waals surface area contributed by atoms with Crippen molar-refractivity contribution in [2.24, 2.45) is 0 Å². The minimum Gasteiger partial charge on any atom is -0.310 e. The number of anilines is 3. The van der Waals surface area contributed by atoms with Gasteiger partial charge in [0.2, 0.25) is 0 Å². The molecule has 486 valence electrons. The van der Waals surface area contributed by atoms with E-state index in [4.69, 9.17) is 0 Å². The highest BCUT2D eigenvalue weighted by Gasteiger charge is 2.36. The van der Waals surface area contributed by atoms with Crippen molar-refractivity contribution in [3.63, 3.8) is 0 Å². The molecule has 0 atom stereocenters. The van der Waals surface area contributed by atoms with Crippen LogP contribution in [0.1, 0.15) is 25.0 Å². The molecule has 16 aromatic carbocycles. The van der Waals surface area contributed by atoms with E-state index in [0.717, 1.165) is 28.4 Å². The standard InChI is InChI=1S/C51H38N2.C48H32N2/c1-51(2)47-19-11-9-17-43(47)44-31-30-42(34-48(44)51)52(40-26-21-36(22-27-40)35-13-5-3-6-14-35)41-28-23-37(24-29-41)38-25-32-50-46(33-38)45-18-10-12-20-49(45)53(50)39-15-7-4-8-16-39;1-3-12-33(13-4-1)35-22-26-39(27-23-35)49-46-21-10-8-19-42(46)44-31-37(25-29-47(44)49)38-24-28-43-41-18-7-9-20-45(41)50(48(43)32-38)40-17-11-16-36(30-40)34-14-5-2-6-15-34/h3-34H,1-2H3;1-32H. The van der Waals surface area contributed by atoms with Crippen LogP contribution in [0.15, 0.2) is 388 Å². The summed E-state index contributed by atoms with van der Waals surface area (Å²) in [5.74, 6) is 0. The maximum absolute atomic E-state index is 2.42. The second kappa shape index (κ2) is 25.2. The Labute approximate surface area is 599 Å². The lowest BCUT2D eigenvalue weighted by atomic mass is 9.82. The molecule has 0 amide bonds. The number of para-hydroxylation sites is 4. The minimum absolute atomic E-state index is 0.0864. The van der Waals surface area contributed by atoms with Crippen LogP contribution in [0.2, 0.25) is 0 Å². The van der Waals surface area contributed by atoms with Crippen LogP contribution in [0.3, 0.4) is 0 Å². The first-order chi connectivity index (χ1) is 50.8. The molecule has 4 nitrogen and oxygen atoms in total. The number of benzene rings is 16. The van der Waals surface area contributed by atoms with Gasteiger partial charge in [-0.2, -0.15) is 0 Å². The van der Waals surface area contributed by atoms with Crippen molar-refractivity contribution < 1.29 is 0 Å². The van der Waals surface area contributed by atoms with Crippen molar-refractivity contribution in [1.29, 1.82) is 0 Å². The molecule has 19 aromatic rings. The average molecular weight is 1320 g/mol. The molecule has 3 aromatic heterocycles. The SMILES string of the molecule is CC1(C)c2ccccc2-c2ccc(N(c3ccc(-c4ccccc4)cc3)c3ccc(-c4ccc5c(c4)c4ccccc4n5-c4ccccc4)cc3)cc21.c1ccc(-c2ccc(-n3c4ccccc4c4cc(-c5ccc6c7ccccc7n(-c7cccc(-c8ccccc8)c7)c6c5)ccc43)cc2)cc1. The molecule has 0 fully saturated rings. The Kier molecular flexibility index (Phi) is 14.9. The molecule has 0 radical (unpaired) electrons. The van der Waals surface area contributed by atoms with E-state index in [2.05, 4.69) is 421 Å². The summed E-state index contributed by atoms with van der Waals surface area (Å²) >= 11 is 0. The van der Waals surface area contributed by atoms with Crippen LogP contribution < -0.4 is 4.90 Å². The van der Waals surface area contributed by atoms with Crippen LogP contribution >= 0.6 is 0 Å². The molecule has 3 heterocycles. The van der Waals surface area contributed by atoms with Crippen molar-refractivity contribution in [3.8, 4) is 83.8 Å². The maximum atomic E-state index is 2.42. The lowest BCUT2D eigenvalue weighted by Crippen LogP contribution is -2.16. The Morgan fingerprint density at radius 3 is 1.10 bits per heavy atom. The molecule has 0 bridgehead atoms. The summed E-state index contributed by atoms with van der Waals surface area (Å²) in [6, 6.07) is 141. The van der Waals surface area contributed by atoms with Crippen LogP contribution in [0.5, 0.6) is 0 Å². The summed E-state index contributed by atoms with van der Waals surface area (Å²) in [5, 5.41) is 7.54. The normalized spacial score (nSPS) is 12.3. The van der Waals surface area contributed by atoms with Gasteiger partial charge in [-0.25, -0.2) is 0 Å². The third-order valence-electron chi connectivity index (χ3n) is 21.3. The number of hydrogen-bond acceptors (Lipinski definition) is 1. The average Bonchev–Trinajstić information content (AvgIpc) is 1.63. The molecule has 1 aliphatic rings. The van der Waals surface area contributed by atoms with Gasteiger partial charge >= 0.3 is 0 Å². The molecule has 1 aliphatic carbocycles. The largest absolute Gasteiger partial charge is 0.310 e. The van der Waals surface area contributed by atoms with Crippen LogP contribution in [0, 0.1) is 0 Å². The monoisotopic (exact) mass is 1310 g/mol. The maximum Gasteiger partial charge on any atom is 0.0547 e. The Morgan fingerprint density at radius 2 is 0.534 bits per heavy atom. The Balaban J connectivity index is 0.000000142. The summed E-state index contributed by atoms with van der Waals surface area (Å²) in [4.78, 5) is 2.40. The zero-order chi connectivity index (χ0) is 68.5. The number of fused-ring (bicyclic) bond motifs is 12. The molecule has 0 spiro atoms. The van der Waals surface area contributed by atoms with Gasteiger partial charge in [0.15, 0.2) is 0 Å². The summed E-state index contributed by atoms with van der Waals surface area (Å²) in [5.41, 5.74) is 31.6. The van der Waals surface area contributed by atoms with E-state index in [1.54, 1.807) is 0 Å². The Bertz CT molecular complexity index is 6400. The fraction of sp³-hybridized carbons (Fsp3) is 0.0303. The van der Waals surface area contributed by atoms with Gasteiger partial charge in [0.25, 0.3) is 0 Å². The van der Waals surface area contributed by atoms with Crippen LogP contribution in [-0.2, 0) is 5.41 Å². The van der Waals surface area contributed by atoms with E-state index < -0.39 is 0 Å². The van der Waals surface area contributed by atoms with E-state index >= 15 is 0 Å². The Morgan fingerprint density at radius 1 is 0.194 bits per heavy atom. The quantitative estimate of drug-likeness (QED) is 0.126. The highest BCUT2D eigenvalue weighted by molar-refractivity contribution is 6.13. The van der Waals surface area contributed by atoms with Crippen molar-refractivity contribution in [2.45, 2.75) is 19.3 Å². The molecular weight excluding hydrogens is 1250 g/mol. The molecular formula is C99H70N4. The van der Waals surface area contributed by atoms with Gasteiger partial charge in [0.05, 0.1) is 33.1 Å². The zero-order valence-corrected chi connectivity index (χ0v) is 57.2. The molecule has 0 aliphatic heterocycles. The smallest absolute Gasteiger partial charge is 0.0547 e. The number of rotatable bonds is 11. The van der Waals surface area contributed by atoms with Gasteiger partial charge in [0, 0.05) is 71.9 Å². The second-order valence-corrected chi connectivity index (χ2v) is 27.6. The molecule has 20 rings (SSSR count). The van der Waals surface area contributed by atoms with E-state index in [9.17, 15) is 0 Å². The number of hydrogen-bond donors (Lipinski definition) is 0. The van der Waals surface area contributed by atoms with Crippen molar-refractivity contribution in [3.05, 3.63) is 399 Å². The third-order valence-corrected chi connectivity index (χ3v) is 21.3. The van der Waals surface area contributed by atoms with Gasteiger partial charge in [-0.1, -0.05) is 281 Å². The molecule has 0 saturated carbocycles. The fourth-order valence-corrected chi connectivity index (χ4v) is 16.3. The van der Waals surface area contributed by atoms with E-state index in [0.29, 0.717) is 0 Å². The van der Waals surface area contributed by atoms with Crippen LogP contribution in [0.4, 0.5) is 17.1 Å². The van der Waals surface area contributed by atoms with Gasteiger partial charge in [0.1, 0.15) is 0 Å². The summed E-state index contributed by atoms with van der Waals surface area (Å²) in [7, 11) is 0. The van der Waals surface area contributed by atoms with Gasteiger partial charge in [-0.15, -0.1) is 0 Å². The number of aromatic nitrogens is 3. The molecule has 0 unspecified atom stereocenters. The van der Waals surface area contributed by atoms with Crippen LogP contribution in [-0.4, -0.2) is 13.7 Å². The lowest BCUT2D eigenvalue weighted by Gasteiger charge is -2.28. The fourth-order valence-electron chi connectivity index (χ4n) is 16.3. The molecule has 103 heavy (non-hydrogen) atoms. The van der Waals surface area contributed by atoms with Gasteiger partial charge < -0.3 is 18.6 Å². The predicted molar refractivity (Wildman–Crippen MR) is 435 cm³/mol. The number of nitrogens with zero attached hydrogens (tertiary/aromatic N) is 4.